The van der Waals surface area contributed by atoms with Crippen molar-refractivity contribution >= 4 is 11.6 Å². The molecular weight excluding hydrogens is 290 g/mol. The Balaban J connectivity index is 1.75. The van der Waals surface area contributed by atoms with Crippen LogP contribution in [0.1, 0.15) is 17.1 Å². The quantitative estimate of drug-likeness (QED) is 0.677. The highest BCUT2D eigenvalue weighted by Crippen LogP contribution is 2.18. The number of aryl methyl sites for hydroxylation is 2. The Morgan fingerprint density at radius 1 is 1.33 bits per heavy atom. The van der Waals surface area contributed by atoms with Crippen LogP contribution in [0.25, 0.3) is 11.5 Å². The Hall–Kier alpha value is -2.21. The van der Waals surface area contributed by atoms with E-state index in [4.69, 9.17) is 16.1 Å². The van der Waals surface area contributed by atoms with E-state index >= 15 is 0 Å². The van der Waals surface area contributed by atoms with E-state index in [0.717, 1.165) is 16.8 Å². The normalized spacial score (nSPS) is 11.0. The largest absolute Gasteiger partial charge is 0.334 e. The lowest BCUT2D eigenvalue weighted by molar-refractivity contribution is 0.418. The zero-order valence-electron chi connectivity index (χ0n) is 11.5. The molecule has 0 aliphatic carbocycles. The van der Waals surface area contributed by atoms with Crippen molar-refractivity contribution in [1.82, 2.24) is 25.1 Å². The molecule has 0 unspecified atom stereocenters. The molecule has 0 spiro atoms. The lowest BCUT2D eigenvalue weighted by Crippen LogP contribution is -2.02. The molecule has 2 heterocycles. The second-order valence-corrected chi connectivity index (χ2v) is 5.11. The summed E-state index contributed by atoms with van der Waals surface area (Å²) in [6.45, 7) is 2.44. The van der Waals surface area contributed by atoms with E-state index in [0.29, 0.717) is 30.6 Å². The minimum absolute atomic E-state index is 0.421. The van der Waals surface area contributed by atoms with Crippen LogP contribution >= 0.6 is 11.6 Å². The fraction of sp³-hybridized carbons (Fsp3) is 0.286. The topological polar surface area (TPSA) is 69.6 Å². The van der Waals surface area contributed by atoms with E-state index in [1.807, 2.05) is 37.4 Å². The van der Waals surface area contributed by atoms with Crippen molar-refractivity contribution in [2.75, 3.05) is 5.88 Å². The second kappa shape index (κ2) is 6.05. The number of hydrogen-bond acceptors (Lipinski definition) is 5. The smallest absolute Gasteiger partial charge is 0.257 e. The van der Waals surface area contributed by atoms with Gasteiger partial charge in [0.25, 0.3) is 5.89 Å². The SMILES string of the molecule is Cc1cccc(-c2nc(Cn3cc(CCCl)nn3)no2)c1. The molecule has 3 aromatic rings. The highest BCUT2D eigenvalue weighted by atomic mass is 35.5. The van der Waals surface area contributed by atoms with Crippen LogP contribution < -0.4 is 0 Å². The molecular formula is C14H14ClN5O. The molecule has 108 valence electrons. The van der Waals surface area contributed by atoms with Crippen molar-refractivity contribution in [3.05, 3.63) is 47.5 Å². The molecule has 2 aromatic heterocycles. The van der Waals surface area contributed by atoms with Gasteiger partial charge in [0.2, 0.25) is 0 Å². The summed E-state index contributed by atoms with van der Waals surface area (Å²) in [5.41, 5.74) is 2.91. The first-order valence-corrected chi connectivity index (χ1v) is 7.12. The van der Waals surface area contributed by atoms with Gasteiger partial charge in [0.1, 0.15) is 6.54 Å². The van der Waals surface area contributed by atoms with Gasteiger partial charge in [0.05, 0.1) is 5.69 Å². The van der Waals surface area contributed by atoms with Gasteiger partial charge >= 0.3 is 0 Å². The van der Waals surface area contributed by atoms with Gasteiger partial charge in [0.15, 0.2) is 5.82 Å². The molecule has 0 aliphatic heterocycles. The number of benzene rings is 1. The average Bonchev–Trinajstić information content (AvgIpc) is 3.10. The van der Waals surface area contributed by atoms with Gasteiger partial charge in [-0.1, -0.05) is 28.1 Å². The van der Waals surface area contributed by atoms with Crippen LogP contribution in [0.2, 0.25) is 0 Å². The minimum atomic E-state index is 0.421. The van der Waals surface area contributed by atoms with Crippen LogP contribution in [-0.4, -0.2) is 31.0 Å². The van der Waals surface area contributed by atoms with E-state index in [1.54, 1.807) is 4.68 Å². The lowest BCUT2D eigenvalue weighted by atomic mass is 10.1. The van der Waals surface area contributed by atoms with Gasteiger partial charge in [-0.15, -0.1) is 16.7 Å². The summed E-state index contributed by atoms with van der Waals surface area (Å²) in [6.07, 6.45) is 2.54. The summed E-state index contributed by atoms with van der Waals surface area (Å²) in [5, 5.41) is 12.0. The highest BCUT2D eigenvalue weighted by molar-refractivity contribution is 6.17. The van der Waals surface area contributed by atoms with Gasteiger partial charge in [0, 0.05) is 24.1 Å². The fourth-order valence-corrected chi connectivity index (χ4v) is 2.18. The summed E-state index contributed by atoms with van der Waals surface area (Å²) in [6, 6.07) is 7.93. The molecule has 0 saturated carbocycles. The van der Waals surface area contributed by atoms with Crippen molar-refractivity contribution in [2.24, 2.45) is 0 Å². The second-order valence-electron chi connectivity index (χ2n) is 4.73. The van der Waals surface area contributed by atoms with Crippen molar-refractivity contribution in [1.29, 1.82) is 0 Å². The number of aromatic nitrogens is 5. The van der Waals surface area contributed by atoms with E-state index in [1.165, 1.54) is 0 Å². The molecule has 0 bridgehead atoms. The minimum Gasteiger partial charge on any atom is -0.334 e. The Bertz CT molecular complexity index is 736. The van der Waals surface area contributed by atoms with Crippen LogP contribution in [0, 0.1) is 6.92 Å². The first kappa shape index (κ1) is 13.8. The van der Waals surface area contributed by atoms with Crippen LogP contribution in [0.15, 0.2) is 35.0 Å². The van der Waals surface area contributed by atoms with E-state index in [2.05, 4.69) is 20.5 Å². The fourth-order valence-electron chi connectivity index (χ4n) is 1.99. The Morgan fingerprint density at radius 2 is 2.24 bits per heavy atom. The maximum absolute atomic E-state index is 5.67. The molecule has 0 atom stereocenters. The van der Waals surface area contributed by atoms with Crippen LogP contribution in [0.4, 0.5) is 0 Å². The van der Waals surface area contributed by atoms with Crippen LogP contribution in [0.3, 0.4) is 0 Å². The van der Waals surface area contributed by atoms with Crippen LogP contribution in [-0.2, 0) is 13.0 Å². The number of rotatable bonds is 5. The van der Waals surface area contributed by atoms with Crippen LogP contribution in [0.5, 0.6) is 0 Å². The zero-order valence-corrected chi connectivity index (χ0v) is 12.3. The first-order valence-electron chi connectivity index (χ1n) is 6.59. The molecule has 7 heteroatoms. The van der Waals surface area contributed by atoms with E-state index in [9.17, 15) is 0 Å². The molecule has 0 aliphatic rings. The number of halogens is 1. The standard InChI is InChI=1S/C14H14ClN5O/c1-10-3-2-4-11(7-10)14-16-13(18-21-14)9-20-8-12(5-6-15)17-19-20/h2-4,7-8H,5-6,9H2,1H3. The summed E-state index contributed by atoms with van der Waals surface area (Å²) < 4.78 is 6.96. The van der Waals surface area contributed by atoms with Gasteiger partial charge in [-0.3, -0.25) is 0 Å². The van der Waals surface area contributed by atoms with E-state index < -0.39 is 0 Å². The van der Waals surface area contributed by atoms with E-state index in [-0.39, 0.29) is 0 Å². The molecule has 0 radical (unpaired) electrons. The van der Waals surface area contributed by atoms with Gasteiger partial charge in [-0.25, -0.2) is 4.68 Å². The first-order chi connectivity index (χ1) is 10.2. The van der Waals surface area contributed by atoms with Crippen molar-refractivity contribution in [3.63, 3.8) is 0 Å². The summed E-state index contributed by atoms with van der Waals surface area (Å²) in [5.74, 6) is 1.60. The third kappa shape index (κ3) is 3.28. The predicted octanol–water partition coefficient (Wildman–Crippen LogP) is 2.47. The number of hydrogen-bond donors (Lipinski definition) is 0. The maximum Gasteiger partial charge on any atom is 0.257 e. The molecule has 0 fully saturated rings. The third-order valence-electron chi connectivity index (χ3n) is 2.97. The number of alkyl halides is 1. The Morgan fingerprint density at radius 3 is 3.05 bits per heavy atom. The van der Waals surface area contributed by atoms with Gasteiger partial charge in [-0.05, 0) is 19.1 Å². The molecule has 3 rings (SSSR count). The summed E-state index contributed by atoms with van der Waals surface area (Å²) >= 11 is 5.67. The predicted molar refractivity (Wildman–Crippen MR) is 78.0 cm³/mol. The monoisotopic (exact) mass is 303 g/mol. The Kier molecular flexibility index (Phi) is 3.96. The highest BCUT2D eigenvalue weighted by Gasteiger charge is 2.10. The Labute approximate surface area is 126 Å². The van der Waals surface area contributed by atoms with Crippen molar-refractivity contribution in [3.8, 4) is 11.5 Å². The molecule has 6 nitrogen and oxygen atoms in total. The third-order valence-corrected chi connectivity index (χ3v) is 3.16. The maximum atomic E-state index is 5.67. The lowest BCUT2D eigenvalue weighted by Gasteiger charge is -1.95. The molecule has 21 heavy (non-hydrogen) atoms. The molecule has 0 saturated heterocycles. The van der Waals surface area contributed by atoms with Gasteiger partial charge in [-0.2, -0.15) is 4.98 Å². The van der Waals surface area contributed by atoms with Gasteiger partial charge < -0.3 is 4.52 Å². The summed E-state index contributed by atoms with van der Waals surface area (Å²) in [7, 11) is 0. The van der Waals surface area contributed by atoms with Crippen molar-refractivity contribution in [2.45, 2.75) is 19.9 Å². The molecule has 1 aromatic carbocycles. The van der Waals surface area contributed by atoms with Crippen molar-refractivity contribution < 1.29 is 4.52 Å². The molecule has 0 N–H and O–H groups in total. The zero-order chi connectivity index (χ0) is 14.7. The average molecular weight is 304 g/mol. The number of nitrogens with zero attached hydrogens (tertiary/aromatic N) is 5. The summed E-state index contributed by atoms with van der Waals surface area (Å²) in [4.78, 5) is 4.38. The molecule has 0 amide bonds.